The third kappa shape index (κ3) is 19.1. The lowest BCUT2D eigenvalue weighted by molar-refractivity contribution is -0.123. The third-order valence-corrected chi connectivity index (χ3v) is 5.77. The summed E-state index contributed by atoms with van der Waals surface area (Å²) in [7, 11) is 0. The van der Waals surface area contributed by atoms with Crippen molar-refractivity contribution in [1.82, 2.24) is 5.32 Å². The summed E-state index contributed by atoms with van der Waals surface area (Å²) < 4.78 is 0. The SMILES string of the molecule is CCCCCCC/C=C/C(O)C(CO)NC(=O)CCCCCCCCCCCCC. The van der Waals surface area contributed by atoms with Gasteiger partial charge in [0, 0.05) is 6.42 Å². The van der Waals surface area contributed by atoms with E-state index in [-0.39, 0.29) is 12.5 Å². The lowest BCUT2D eigenvalue weighted by Gasteiger charge is -2.20. The zero-order chi connectivity index (χ0) is 22.3. The van der Waals surface area contributed by atoms with Crippen LogP contribution in [0.15, 0.2) is 12.2 Å². The van der Waals surface area contributed by atoms with Gasteiger partial charge in [-0.05, 0) is 19.3 Å². The molecule has 0 saturated heterocycles. The number of hydrogen-bond acceptors (Lipinski definition) is 3. The molecule has 1 amide bonds. The predicted molar refractivity (Wildman–Crippen MR) is 129 cm³/mol. The molecule has 0 aliphatic carbocycles. The van der Waals surface area contributed by atoms with Gasteiger partial charge in [0.1, 0.15) is 0 Å². The van der Waals surface area contributed by atoms with Crippen molar-refractivity contribution < 1.29 is 15.0 Å². The molecular formula is C26H51NO3. The fraction of sp³-hybridized carbons (Fsp3) is 0.885. The van der Waals surface area contributed by atoms with Crippen molar-refractivity contribution in [3.63, 3.8) is 0 Å². The molecule has 0 heterocycles. The average molecular weight is 426 g/mol. The molecule has 0 radical (unpaired) electrons. The van der Waals surface area contributed by atoms with Gasteiger partial charge in [-0.1, -0.05) is 116 Å². The van der Waals surface area contributed by atoms with Crippen molar-refractivity contribution in [3.8, 4) is 0 Å². The number of carbonyl (C=O) groups excluding carboxylic acids is 1. The van der Waals surface area contributed by atoms with E-state index in [0.717, 1.165) is 25.7 Å². The number of carbonyl (C=O) groups is 1. The van der Waals surface area contributed by atoms with Crippen LogP contribution in [-0.4, -0.2) is 34.9 Å². The molecule has 0 aromatic rings. The molecule has 0 aliphatic heterocycles. The van der Waals surface area contributed by atoms with Gasteiger partial charge in [-0.25, -0.2) is 0 Å². The van der Waals surface area contributed by atoms with Crippen molar-refractivity contribution in [2.75, 3.05) is 6.61 Å². The molecule has 178 valence electrons. The Morgan fingerprint density at radius 3 is 1.73 bits per heavy atom. The maximum Gasteiger partial charge on any atom is 0.220 e. The Hall–Kier alpha value is -0.870. The highest BCUT2D eigenvalue weighted by atomic mass is 16.3. The zero-order valence-electron chi connectivity index (χ0n) is 20.0. The number of unbranched alkanes of at least 4 members (excludes halogenated alkanes) is 15. The van der Waals surface area contributed by atoms with E-state index in [1.54, 1.807) is 6.08 Å². The highest BCUT2D eigenvalue weighted by Gasteiger charge is 2.17. The van der Waals surface area contributed by atoms with Gasteiger partial charge < -0.3 is 15.5 Å². The van der Waals surface area contributed by atoms with Crippen LogP contribution in [0.2, 0.25) is 0 Å². The number of rotatable bonds is 22. The van der Waals surface area contributed by atoms with Crippen LogP contribution in [0.5, 0.6) is 0 Å². The van der Waals surface area contributed by atoms with Crippen LogP contribution in [-0.2, 0) is 4.79 Å². The Labute approximate surface area is 186 Å². The first-order valence-electron chi connectivity index (χ1n) is 12.9. The fourth-order valence-corrected chi connectivity index (χ4v) is 3.70. The van der Waals surface area contributed by atoms with Crippen LogP contribution < -0.4 is 5.32 Å². The maximum absolute atomic E-state index is 12.1. The van der Waals surface area contributed by atoms with Crippen LogP contribution in [0.3, 0.4) is 0 Å². The van der Waals surface area contributed by atoms with Crippen LogP contribution in [0.25, 0.3) is 0 Å². The van der Waals surface area contributed by atoms with E-state index in [1.807, 2.05) is 6.08 Å². The summed E-state index contributed by atoms with van der Waals surface area (Å²) in [4.78, 5) is 12.1. The summed E-state index contributed by atoms with van der Waals surface area (Å²) in [5.74, 6) is -0.0722. The van der Waals surface area contributed by atoms with Gasteiger partial charge in [-0.15, -0.1) is 0 Å². The van der Waals surface area contributed by atoms with E-state index in [0.29, 0.717) is 6.42 Å². The van der Waals surface area contributed by atoms with E-state index in [1.165, 1.54) is 83.5 Å². The van der Waals surface area contributed by atoms with E-state index in [2.05, 4.69) is 19.2 Å². The molecular weight excluding hydrogens is 374 g/mol. The Morgan fingerprint density at radius 2 is 1.23 bits per heavy atom. The Morgan fingerprint density at radius 1 is 0.767 bits per heavy atom. The molecule has 0 fully saturated rings. The van der Waals surface area contributed by atoms with Crippen molar-refractivity contribution in [2.24, 2.45) is 0 Å². The minimum atomic E-state index is -0.827. The van der Waals surface area contributed by atoms with Crippen LogP contribution in [0.1, 0.15) is 129 Å². The van der Waals surface area contributed by atoms with Crippen molar-refractivity contribution in [1.29, 1.82) is 0 Å². The highest BCUT2D eigenvalue weighted by Crippen LogP contribution is 2.12. The molecule has 0 rings (SSSR count). The van der Waals surface area contributed by atoms with Gasteiger partial charge in [0.05, 0.1) is 18.8 Å². The molecule has 0 aromatic carbocycles. The molecule has 30 heavy (non-hydrogen) atoms. The molecule has 0 aliphatic rings. The highest BCUT2D eigenvalue weighted by molar-refractivity contribution is 5.76. The number of hydrogen-bond donors (Lipinski definition) is 3. The normalized spacial score (nSPS) is 13.6. The standard InChI is InChI=1S/C26H51NO3/c1-3-5-7-9-11-12-13-14-16-18-20-22-26(30)27-24(23-28)25(29)21-19-17-15-10-8-6-4-2/h19,21,24-25,28-29H,3-18,20,22-23H2,1-2H3,(H,27,30)/b21-19+. The second kappa shape index (κ2) is 22.8. The summed E-state index contributed by atoms with van der Waals surface area (Å²) >= 11 is 0. The number of amides is 1. The molecule has 4 nitrogen and oxygen atoms in total. The number of allylic oxidation sites excluding steroid dienone is 1. The van der Waals surface area contributed by atoms with Gasteiger partial charge in [0.25, 0.3) is 0 Å². The summed E-state index contributed by atoms with van der Waals surface area (Å²) in [6.07, 6.45) is 24.2. The van der Waals surface area contributed by atoms with Gasteiger partial charge >= 0.3 is 0 Å². The maximum atomic E-state index is 12.1. The smallest absolute Gasteiger partial charge is 0.220 e. The third-order valence-electron chi connectivity index (χ3n) is 5.77. The largest absolute Gasteiger partial charge is 0.394 e. The Balaban J connectivity index is 3.71. The van der Waals surface area contributed by atoms with Gasteiger partial charge in [-0.3, -0.25) is 4.79 Å². The van der Waals surface area contributed by atoms with E-state index in [4.69, 9.17) is 0 Å². The molecule has 0 aromatic heterocycles. The topological polar surface area (TPSA) is 69.6 Å². The first kappa shape index (κ1) is 29.1. The number of nitrogens with one attached hydrogen (secondary N) is 1. The van der Waals surface area contributed by atoms with Crippen LogP contribution >= 0.6 is 0 Å². The van der Waals surface area contributed by atoms with Crippen molar-refractivity contribution >= 4 is 5.91 Å². The molecule has 2 atom stereocenters. The van der Waals surface area contributed by atoms with Crippen LogP contribution in [0, 0.1) is 0 Å². The van der Waals surface area contributed by atoms with Crippen molar-refractivity contribution in [2.45, 2.75) is 142 Å². The van der Waals surface area contributed by atoms with E-state index >= 15 is 0 Å². The van der Waals surface area contributed by atoms with Gasteiger partial charge in [0.15, 0.2) is 0 Å². The summed E-state index contributed by atoms with van der Waals surface area (Å²) in [6.45, 7) is 4.21. The number of aliphatic hydroxyl groups excluding tert-OH is 2. The van der Waals surface area contributed by atoms with E-state index in [9.17, 15) is 15.0 Å². The minimum absolute atomic E-state index is 0.0722. The van der Waals surface area contributed by atoms with Gasteiger partial charge in [0.2, 0.25) is 5.91 Å². The van der Waals surface area contributed by atoms with Crippen LogP contribution in [0.4, 0.5) is 0 Å². The monoisotopic (exact) mass is 425 g/mol. The first-order chi connectivity index (χ1) is 14.7. The molecule has 0 spiro atoms. The minimum Gasteiger partial charge on any atom is -0.394 e. The molecule has 0 saturated carbocycles. The predicted octanol–water partition coefficient (Wildman–Crippen LogP) is 6.44. The lowest BCUT2D eigenvalue weighted by Crippen LogP contribution is -2.45. The molecule has 3 N–H and O–H groups in total. The Bertz CT molecular complexity index is 398. The second-order valence-corrected chi connectivity index (χ2v) is 8.76. The molecule has 2 unspecified atom stereocenters. The van der Waals surface area contributed by atoms with E-state index < -0.39 is 12.1 Å². The summed E-state index contributed by atoms with van der Waals surface area (Å²) in [5.41, 5.74) is 0. The molecule has 0 bridgehead atoms. The quantitative estimate of drug-likeness (QED) is 0.138. The lowest BCUT2D eigenvalue weighted by atomic mass is 10.0. The summed E-state index contributed by atoms with van der Waals surface area (Å²) in [5, 5.41) is 22.5. The van der Waals surface area contributed by atoms with Crippen molar-refractivity contribution in [3.05, 3.63) is 12.2 Å². The fourth-order valence-electron chi connectivity index (χ4n) is 3.70. The summed E-state index contributed by atoms with van der Waals surface area (Å²) in [6, 6.07) is -0.610. The van der Waals surface area contributed by atoms with Gasteiger partial charge in [-0.2, -0.15) is 0 Å². The first-order valence-corrected chi connectivity index (χ1v) is 12.9. The zero-order valence-corrected chi connectivity index (χ0v) is 20.0. The second-order valence-electron chi connectivity index (χ2n) is 8.76. The molecule has 4 heteroatoms. The average Bonchev–Trinajstić information content (AvgIpc) is 2.75. The number of aliphatic hydroxyl groups is 2. The Kier molecular flexibility index (Phi) is 22.1.